The minimum Gasteiger partial charge on any atom is -0.386 e. The van der Waals surface area contributed by atoms with Gasteiger partial charge in [-0.1, -0.05) is 50.1 Å². The zero-order chi connectivity index (χ0) is 23.8. The molecule has 2 aliphatic rings. The van der Waals surface area contributed by atoms with Crippen molar-refractivity contribution in [1.29, 1.82) is 0 Å². The normalized spacial score (nSPS) is 20.0. The molecule has 0 radical (unpaired) electrons. The second kappa shape index (κ2) is 11.9. The first kappa shape index (κ1) is 25.6. The average Bonchev–Trinajstić information content (AvgIpc) is 3.23. The molecule has 2 heterocycles. The summed E-state index contributed by atoms with van der Waals surface area (Å²) in [6.07, 6.45) is 2.71. The summed E-state index contributed by atoms with van der Waals surface area (Å²) in [6.45, 7) is 4.12. The summed E-state index contributed by atoms with van der Waals surface area (Å²) in [5.41, 5.74) is 0. The van der Waals surface area contributed by atoms with Crippen LogP contribution in [0.2, 0.25) is 0 Å². The molecule has 1 atom stereocenters. The fraction of sp³-hybridized carbons (Fsp3) is 0.818. The van der Waals surface area contributed by atoms with Gasteiger partial charge in [0.25, 0.3) is 0 Å². The summed E-state index contributed by atoms with van der Waals surface area (Å²) in [4.78, 5) is 31.9. The van der Waals surface area contributed by atoms with E-state index >= 15 is 0 Å². The molecule has 0 aromatic carbocycles. The van der Waals surface area contributed by atoms with Gasteiger partial charge in [0, 0.05) is 32.1 Å². The Labute approximate surface area is 191 Å². The first-order chi connectivity index (χ1) is 15.7. The fourth-order valence-corrected chi connectivity index (χ4v) is 4.55. The largest absolute Gasteiger partial charge is 0.491 e. The van der Waals surface area contributed by atoms with Crippen LogP contribution in [-0.2, 0) is 20.9 Å². The Kier molecular flexibility index (Phi) is 9.25. The molecular weight excluding hydrogens is 441 g/mol. The van der Waals surface area contributed by atoms with Gasteiger partial charge < -0.3 is 14.2 Å². The van der Waals surface area contributed by atoms with Crippen LogP contribution < -0.4 is 0 Å². The van der Waals surface area contributed by atoms with Gasteiger partial charge in [0.2, 0.25) is 5.89 Å². The van der Waals surface area contributed by atoms with Gasteiger partial charge in [-0.25, -0.2) is 4.79 Å². The van der Waals surface area contributed by atoms with E-state index in [0.29, 0.717) is 24.7 Å². The van der Waals surface area contributed by atoms with Crippen LogP contribution in [-0.4, -0.2) is 71.3 Å². The number of rotatable bonds is 9. The highest BCUT2D eigenvalue weighted by molar-refractivity contribution is 5.88. The fourth-order valence-electron chi connectivity index (χ4n) is 4.55. The quantitative estimate of drug-likeness (QED) is 0.396. The molecule has 0 unspecified atom stereocenters. The molecule has 0 spiro atoms. The topological polar surface area (TPSA) is 88.8 Å². The van der Waals surface area contributed by atoms with Gasteiger partial charge in [-0.15, -0.1) is 0 Å². The number of aromatic nitrogens is 2. The minimum atomic E-state index is -5.22. The maximum Gasteiger partial charge on any atom is 0.491 e. The van der Waals surface area contributed by atoms with Crippen LogP contribution >= 0.6 is 0 Å². The second-order valence-corrected chi connectivity index (χ2v) is 9.22. The Morgan fingerprint density at radius 2 is 1.85 bits per heavy atom. The molecule has 1 aliphatic heterocycles. The smallest absolute Gasteiger partial charge is 0.386 e. The van der Waals surface area contributed by atoms with Crippen molar-refractivity contribution in [2.75, 3.05) is 33.2 Å². The van der Waals surface area contributed by atoms with Gasteiger partial charge >= 0.3 is 18.1 Å². The maximum atomic E-state index is 12.5. The molecule has 0 N–H and O–H groups in total. The van der Waals surface area contributed by atoms with Crippen molar-refractivity contribution in [3.8, 4) is 0 Å². The van der Waals surface area contributed by atoms with Gasteiger partial charge in [-0.2, -0.15) is 18.2 Å². The molecule has 1 saturated heterocycles. The van der Waals surface area contributed by atoms with E-state index in [1.54, 1.807) is 0 Å². The molecule has 1 saturated carbocycles. The van der Waals surface area contributed by atoms with Gasteiger partial charge in [-0.05, 0) is 19.4 Å². The molecule has 33 heavy (non-hydrogen) atoms. The molecule has 0 bridgehead atoms. The number of piperazine rings is 1. The van der Waals surface area contributed by atoms with E-state index in [-0.39, 0.29) is 5.89 Å². The first-order valence-electron chi connectivity index (χ1n) is 11.8. The number of alkyl halides is 3. The van der Waals surface area contributed by atoms with E-state index < -0.39 is 30.5 Å². The number of esters is 2. The molecular formula is C22H33F3N4O4. The van der Waals surface area contributed by atoms with Gasteiger partial charge in [0.05, 0.1) is 13.0 Å². The number of halogens is 3. The van der Waals surface area contributed by atoms with Crippen molar-refractivity contribution in [2.45, 2.75) is 76.4 Å². The van der Waals surface area contributed by atoms with Crippen LogP contribution in [0.4, 0.5) is 13.2 Å². The Balaban J connectivity index is 1.59. The SMILES string of the molecule is CN1CCN(Cc2noc([C@H](CCCC3CCCCC3)CC(=O)OC(=O)C(F)(F)F)n2)CC1. The van der Waals surface area contributed by atoms with Crippen LogP contribution in [0.5, 0.6) is 0 Å². The third-order valence-corrected chi connectivity index (χ3v) is 6.53. The highest BCUT2D eigenvalue weighted by Crippen LogP contribution is 2.31. The van der Waals surface area contributed by atoms with Gasteiger partial charge in [-0.3, -0.25) is 9.69 Å². The molecule has 186 valence electrons. The highest BCUT2D eigenvalue weighted by Gasteiger charge is 2.42. The van der Waals surface area contributed by atoms with E-state index in [4.69, 9.17) is 4.52 Å². The zero-order valence-corrected chi connectivity index (χ0v) is 19.1. The molecule has 1 aliphatic carbocycles. The summed E-state index contributed by atoms with van der Waals surface area (Å²) >= 11 is 0. The van der Waals surface area contributed by atoms with E-state index in [1.807, 2.05) is 0 Å². The maximum absolute atomic E-state index is 12.5. The molecule has 2 fully saturated rings. The van der Waals surface area contributed by atoms with Crippen LogP contribution in [0.3, 0.4) is 0 Å². The third-order valence-electron chi connectivity index (χ3n) is 6.53. The number of carbonyl (C=O) groups is 2. The zero-order valence-electron chi connectivity index (χ0n) is 19.1. The molecule has 1 aromatic rings. The number of hydrogen-bond acceptors (Lipinski definition) is 8. The summed E-state index contributed by atoms with van der Waals surface area (Å²) in [6, 6.07) is 0. The Morgan fingerprint density at radius 3 is 2.52 bits per heavy atom. The molecule has 1 aromatic heterocycles. The summed E-state index contributed by atoms with van der Waals surface area (Å²) in [5, 5.41) is 4.02. The number of ether oxygens (including phenoxy) is 1. The van der Waals surface area contributed by atoms with E-state index in [0.717, 1.165) is 39.0 Å². The molecule has 0 amide bonds. The van der Waals surface area contributed by atoms with Gasteiger partial charge in [0.15, 0.2) is 5.82 Å². The average molecular weight is 475 g/mol. The monoisotopic (exact) mass is 474 g/mol. The first-order valence-corrected chi connectivity index (χ1v) is 11.8. The molecule has 3 rings (SSSR count). The summed E-state index contributed by atoms with van der Waals surface area (Å²) in [5.74, 6) is -3.01. The van der Waals surface area contributed by atoms with E-state index in [1.165, 1.54) is 32.1 Å². The minimum absolute atomic E-state index is 0.208. The summed E-state index contributed by atoms with van der Waals surface area (Å²) in [7, 11) is 2.06. The number of carbonyl (C=O) groups excluding carboxylic acids is 2. The van der Waals surface area contributed by atoms with E-state index in [9.17, 15) is 22.8 Å². The van der Waals surface area contributed by atoms with E-state index in [2.05, 4.69) is 31.7 Å². The van der Waals surface area contributed by atoms with Crippen LogP contribution in [0.1, 0.15) is 75.4 Å². The van der Waals surface area contributed by atoms with Crippen molar-refractivity contribution >= 4 is 11.9 Å². The van der Waals surface area contributed by atoms with Crippen molar-refractivity contribution in [2.24, 2.45) is 5.92 Å². The Morgan fingerprint density at radius 1 is 1.15 bits per heavy atom. The summed E-state index contributed by atoms with van der Waals surface area (Å²) < 4.78 is 46.7. The Hall–Kier alpha value is -2.01. The predicted octanol–water partition coefficient (Wildman–Crippen LogP) is 3.67. The van der Waals surface area contributed by atoms with Crippen LogP contribution in [0, 0.1) is 5.92 Å². The van der Waals surface area contributed by atoms with Crippen LogP contribution in [0.15, 0.2) is 4.52 Å². The number of nitrogens with zero attached hydrogens (tertiary/aromatic N) is 4. The van der Waals surface area contributed by atoms with Crippen molar-refractivity contribution in [3.05, 3.63) is 11.7 Å². The standard InChI is InChI=1S/C22H33F3N4O4/c1-28-10-12-29(13-11-28)15-18-26-20(33-27-18)17(9-5-8-16-6-3-2-4-7-16)14-19(30)32-21(31)22(23,24)25/h16-17H,2-15H2,1H3/t17-/m1/s1. The van der Waals surface area contributed by atoms with Crippen molar-refractivity contribution < 1.29 is 32.0 Å². The van der Waals surface area contributed by atoms with Gasteiger partial charge in [0.1, 0.15) is 0 Å². The van der Waals surface area contributed by atoms with Crippen LogP contribution in [0.25, 0.3) is 0 Å². The van der Waals surface area contributed by atoms with Crippen molar-refractivity contribution in [3.63, 3.8) is 0 Å². The lowest BCUT2D eigenvalue weighted by atomic mass is 9.84. The molecule has 8 nitrogen and oxygen atoms in total. The number of likely N-dealkylation sites (N-methyl/N-ethyl adjacent to an activating group) is 1. The lowest BCUT2D eigenvalue weighted by Gasteiger charge is -2.31. The van der Waals surface area contributed by atoms with Crippen molar-refractivity contribution in [1.82, 2.24) is 19.9 Å². The number of hydrogen-bond donors (Lipinski definition) is 0. The Bertz CT molecular complexity index is 772. The lowest BCUT2D eigenvalue weighted by Crippen LogP contribution is -2.44. The lowest BCUT2D eigenvalue weighted by molar-refractivity contribution is -0.202. The second-order valence-electron chi connectivity index (χ2n) is 9.22. The third kappa shape index (κ3) is 8.37. The predicted molar refractivity (Wildman–Crippen MR) is 112 cm³/mol. The highest BCUT2D eigenvalue weighted by atomic mass is 19.4. The molecule has 11 heteroatoms.